The number of hydrogen-bond donors (Lipinski definition) is 0. The van der Waals surface area contributed by atoms with Gasteiger partial charge in [-0.2, -0.15) is 4.31 Å². The van der Waals surface area contributed by atoms with Gasteiger partial charge in [0.1, 0.15) is 0 Å². The molecule has 0 aromatic heterocycles. The second kappa shape index (κ2) is 8.78. The summed E-state index contributed by atoms with van der Waals surface area (Å²) in [5.41, 5.74) is 2.04. The Kier molecular flexibility index (Phi) is 7.10. The second-order valence-electron chi connectivity index (χ2n) is 8.76. The molecule has 1 aliphatic rings. The molecule has 5 nitrogen and oxygen atoms in total. The molecule has 0 unspecified atom stereocenters. The van der Waals surface area contributed by atoms with Gasteiger partial charge in [0.15, 0.2) is 0 Å². The Morgan fingerprint density at radius 2 is 1.71 bits per heavy atom. The van der Waals surface area contributed by atoms with Gasteiger partial charge in [-0.05, 0) is 49.8 Å². The van der Waals surface area contributed by atoms with Gasteiger partial charge in [-0.1, -0.05) is 45.1 Å². The van der Waals surface area contributed by atoms with Gasteiger partial charge in [-0.15, -0.1) is 0 Å². The average molecular weight is 407 g/mol. The van der Waals surface area contributed by atoms with Crippen LogP contribution >= 0.6 is 0 Å². The van der Waals surface area contributed by atoms with E-state index in [1.165, 1.54) is 4.31 Å². The Morgan fingerprint density at radius 1 is 1.18 bits per heavy atom. The average Bonchev–Trinajstić information content (AvgIpc) is 2.65. The zero-order chi connectivity index (χ0) is 21.1. The molecule has 0 N–H and O–H groups in total. The van der Waals surface area contributed by atoms with Crippen LogP contribution in [0.3, 0.4) is 0 Å². The fourth-order valence-corrected chi connectivity index (χ4v) is 5.02. The Bertz CT molecular complexity index is 799. The molecule has 1 aliphatic heterocycles. The second-order valence-corrected chi connectivity index (χ2v) is 10.7. The Balaban J connectivity index is 2.05. The van der Waals surface area contributed by atoms with Crippen LogP contribution in [0.15, 0.2) is 41.3 Å². The van der Waals surface area contributed by atoms with Crippen molar-refractivity contribution in [3.05, 3.63) is 42.0 Å². The van der Waals surface area contributed by atoms with Gasteiger partial charge in [0.05, 0.1) is 4.90 Å². The predicted octanol–water partition coefficient (Wildman–Crippen LogP) is 3.81. The number of rotatable bonds is 6. The maximum Gasteiger partial charge on any atom is 0.243 e. The third kappa shape index (κ3) is 5.23. The standard InChI is InChI=1S/C22H34N2O3S/c1-7-23(16-17(2)3)21(25)18-12-14-24(15-13-18)28(26,27)20-10-8-19(9-11-20)22(4,5)6/h8-11,18H,2,7,12-16H2,1,3-6H3. The van der Waals surface area contributed by atoms with E-state index in [0.717, 1.165) is 11.1 Å². The van der Waals surface area contributed by atoms with Crippen molar-refractivity contribution >= 4 is 15.9 Å². The van der Waals surface area contributed by atoms with Gasteiger partial charge in [0.2, 0.25) is 15.9 Å². The minimum absolute atomic E-state index is 0.0179. The van der Waals surface area contributed by atoms with Gasteiger partial charge in [-0.25, -0.2) is 8.42 Å². The molecule has 1 fully saturated rings. The zero-order valence-corrected chi connectivity index (χ0v) is 18.7. The smallest absolute Gasteiger partial charge is 0.243 e. The number of carbonyl (C=O) groups excluding carboxylic acids is 1. The van der Waals surface area contributed by atoms with Gasteiger partial charge >= 0.3 is 0 Å². The van der Waals surface area contributed by atoms with Gasteiger partial charge in [0.25, 0.3) is 0 Å². The summed E-state index contributed by atoms with van der Waals surface area (Å²) >= 11 is 0. The number of amides is 1. The monoisotopic (exact) mass is 406 g/mol. The van der Waals surface area contributed by atoms with Crippen molar-refractivity contribution in [2.24, 2.45) is 5.92 Å². The van der Waals surface area contributed by atoms with Crippen molar-refractivity contribution in [3.63, 3.8) is 0 Å². The lowest BCUT2D eigenvalue weighted by molar-refractivity contribution is -0.136. The van der Waals surface area contributed by atoms with E-state index < -0.39 is 10.0 Å². The molecule has 0 spiro atoms. The summed E-state index contributed by atoms with van der Waals surface area (Å²) in [7, 11) is -3.52. The highest BCUT2D eigenvalue weighted by atomic mass is 32.2. The van der Waals surface area contributed by atoms with Gasteiger partial charge in [-0.3, -0.25) is 4.79 Å². The molecule has 156 valence electrons. The van der Waals surface area contributed by atoms with Gasteiger partial charge in [0, 0.05) is 32.1 Å². The molecule has 0 aliphatic carbocycles. The van der Waals surface area contributed by atoms with Crippen molar-refractivity contribution in [2.45, 2.75) is 57.8 Å². The van der Waals surface area contributed by atoms with Crippen molar-refractivity contribution in [1.82, 2.24) is 9.21 Å². The van der Waals surface area contributed by atoms with Crippen LogP contribution in [0.25, 0.3) is 0 Å². The molecule has 0 atom stereocenters. The molecule has 2 rings (SSSR count). The minimum Gasteiger partial charge on any atom is -0.339 e. The third-order valence-electron chi connectivity index (χ3n) is 5.32. The molecule has 0 radical (unpaired) electrons. The number of carbonyl (C=O) groups is 1. The summed E-state index contributed by atoms with van der Waals surface area (Å²) in [4.78, 5) is 14.9. The summed E-state index contributed by atoms with van der Waals surface area (Å²) in [6.45, 7) is 16.0. The lowest BCUT2D eigenvalue weighted by Crippen LogP contribution is -2.44. The van der Waals surface area contributed by atoms with E-state index in [1.54, 1.807) is 12.1 Å². The van der Waals surface area contributed by atoms with E-state index in [4.69, 9.17) is 0 Å². The molecular formula is C22H34N2O3S. The Morgan fingerprint density at radius 3 is 2.14 bits per heavy atom. The van der Waals surface area contributed by atoms with E-state index in [-0.39, 0.29) is 17.2 Å². The highest BCUT2D eigenvalue weighted by molar-refractivity contribution is 7.89. The number of likely N-dealkylation sites (N-methyl/N-ethyl adjacent to an activating group) is 1. The largest absolute Gasteiger partial charge is 0.339 e. The first kappa shape index (κ1) is 22.6. The van der Waals surface area contributed by atoms with Crippen LogP contribution in [-0.2, 0) is 20.2 Å². The molecule has 1 aromatic rings. The maximum atomic E-state index is 13.0. The lowest BCUT2D eigenvalue weighted by Gasteiger charge is -2.33. The molecule has 0 bridgehead atoms. The maximum absolute atomic E-state index is 13.0. The molecular weight excluding hydrogens is 372 g/mol. The number of sulfonamides is 1. The summed E-state index contributed by atoms with van der Waals surface area (Å²) in [6, 6.07) is 7.16. The van der Waals surface area contributed by atoms with E-state index in [9.17, 15) is 13.2 Å². The molecule has 28 heavy (non-hydrogen) atoms. The van der Waals surface area contributed by atoms with Crippen LogP contribution in [0.5, 0.6) is 0 Å². The number of benzene rings is 1. The molecule has 1 amide bonds. The molecule has 1 heterocycles. The summed E-state index contributed by atoms with van der Waals surface area (Å²) < 4.78 is 27.5. The molecule has 1 aromatic carbocycles. The van der Waals surface area contributed by atoms with Crippen molar-refractivity contribution in [3.8, 4) is 0 Å². The van der Waals surface area contributed by atoms with E-state index in [2.05, 4.69) is 27.4 Å². The summed E-state index contributed by atoms with van der Waals surface area (Å²) in [6.07, 6.45) is 1.12. The fourth-order valence-electron chi connectivity index (χ4n) is 3.55. The third-order valence-corrected chi connectivity index (χ3v) is 7.23. The molecule has 6 heteroatoms. The van der Waals surface area contributed by atoms with Crippen molar-refractivity contribution < 1.29 is 13.2 Å². The van der Waals surface area contributed by atoms with Crippen LogP contribution in [-0.4, -0.2) is 49.7 Å². The van der Waals surface area contributed by atoms with Crippen LogP contribution in [0.2, 0.25) is 0 Å². The Labute approximate surface area is 170 Å². The number of hydrogen-bond acceptors (Lipinski definition) is 3. The van der Waals surface area contributed by atoms with Crippen molar-refractivity contribution in [2.75, 3.05) is 26.2 Å². The Hall–Kier alpha value is -1.66. The predicted molar refractivity (Wildman–Crippen MR) is 114 cm³/mol. The highest BCUT2D eigenvalue weighted by Gasteiger charge is 2.33. The first-order valence-electron chi connectivity index (χ1n) is 10.0. The highest BCUT2D eigenvalue weighted by Crippen LogP contribution is 2.27. The van der Waals surface area contributed by atoms with E-state index >= 15 is 0 Å². The van der Waals surface area contributed by atoms with Gasteiger partial charge < -0.3 is 4.90 Å². The van der Waals surface area contributed by atoms with Crippen molar-refractivity contribution in [1.29, 1.82) is 0 Å². The fraction of sp³-hybridized carbons (Fsp3) is 0.591. The zero-order valence-electron chi connectivity index (χ0n) is 17.9. The van der Waals surface area contributed by atoms with Crippen LogP contribution in [0, 0.1) is 5.92 Å². The number of nitrogens with zero attached hydrogens (tertiary/aromatic N) is 2. The lowest BCUT2D eigenvalue weighted by atomic mass is 9.87. The molecule has 0 saturated carbocycles. The SMILES string of the molecule is C=C(C)CN(CC)C(=O)C1CCN(S(=O)(=O)c2ccc(C(C)(C)C)cc2)CC1. The van der Waals surface area contributed by atoms with Crippen LogP contribution in [0.1, 0.15) is 53.0 Å². The first-order valence-corrected chi connectivity index (χ1v) is 11.4. The topological polar surface area (TPSA) is 57.7 Å². The van der Waals surface area contributed by atoms with E-state index in [0.29, 0.717) is 43.9 Å². The van der Waals surface area contributed by atoms with Crippen LogP contribution < -0.4 is 0 Å². The van der Waals surface area contributed by atoms with Crippen LogP contribution in [0.4, 0.5) is 0 Å². The van der Waals surface area contributed by atoms with E-state index in [1.807, 2.05) is 30.9 Å². The first-order chi connectivity index (χ1) is 13.0. The normalized spacial score (nSPS) is 16.8. The summed E-state index contributed by atoms with van der Waals surface area (Å²) in [5.74, 6) is -0.00825. The summed E-state index contributed by atoms with van der Waals surface area (Å²) in [5, 5.41) is 0. The number of piperidine rings is 1. The quantitative estimate of drug-likeness (QED) is 0.675. The molecule has 1 saturated heterocycles. The minimum atomic E-state index is -3.52.